The molecular weight excluding hydrogens is 179 g/mol. The Hall–Kier alpha value is -1.05. The zero-order valence-corrected chi connectivity index (χ0v) is 9.17. The van der Waals surface area contributed by atoms with Gasteiger partial charge in [-0.25, -0.2) is 4.39 Å². The van der Waals surface area contributed by atoms with Crippen LogP contribution >= 0.6 is 0 Å². The van der Waals surface area contributed by atoms with Gasteiger partial charge < -0.3 is 4.74 Å². The lowest BCUT2D eigenvalue weighted by Gasteiger charge is -2.18. The molecule has 1 nitrogen and oxygen atoms in total. The summed E-state index contributed by atoms with van der Waals surface area (Å²) in [5.41, 5.74) is 0.648. The molecule has 0 saturated carbocycles. The highest BCUT2D eigenvalue weighted by Crippen LogP contribution is 2.19. The lowest BCUT2D eigenvalue weighted by molar-refractivity contribution is 0.170. The molecule has 0 aliphatic carbocycles. The molecule has 1 aromatic carbocycles. The summed E-state index contributed by atoms with van der Waals surface area (Å²) in [5, 5.41) is 0. The number of hydrogen-bond donors (Lipinski definition) is 0. The van der Waals surface area contributed by atoms with Gasteiger partial charge in [-0.1, -0.05) is 19.9 Å². The third-order valence-corrected chi connectivity index (χ3v) is 2.40. The summed E-state index contributed by atoms with van der Waals surface area (Å²) >= 11 is 0. The van der Waals surface area contributed by atoms with Crippen LogP contribution in [0.1, 0.15) is 26.3 Å². The van der Waals surface area contributed by atoms with Crippen molar-refractivity contribution in [1.29, 1.82) is 0 Å². The van der Waals surface area contributed by atoms with Crippen molar-refractivity contribution in [3.05, 3.63) is 29.6 Å². The van der Waals surface area contributed by atoms with E-state index in [1.54, 1.807) is 19.1 Å². The van der Waals surface area contributed by atoms with Crippen LogP contribution < -0.4 is 4.74 Å². The van der Waals surface area contributed by atoms with E-state index in [1.807, 2.05) is 6.92 Å². The monoisotopic (exact) mass is 196 g/mol. The molecule has 0 saturated heterocycles. The van der Waals surface area contributed by atoms with Crippen LogP contribution in [-0.2, 0) is 0 Å². The van der Waals surface area contributed by atoms with Gasteiger partial charge in [0.05, 0.1) is 6.10 Å². The Morgan fingerprint density at radius 2 is 1.86 bits per heavy atom. The van der Waals surface area contributed by atoms with Crippen LogP contribution in [0.3, 0.4) is 0 Å². The predicted octanol–water partition coefficient (Wildman–Crippen LogP) is 3.56. The van der Waals surface area contributed by atoms with Crippen LogP contribution in [0.4, 0.5) is 4.39 Å². The second kappa shape index (κ2) is 4.45. The van der Waals surface area contributed by atoms with Crippen molar-refractivity contribution in [2.24, 2.45) is 5.92 Å². The molecule has 0 aliphatic rings. The maximum Gasteiger partial charge on any atom is 0.129 e. The van der Waals surface area contributed by atoms with E-state index in [4.69, 9.17) is 4.74 Å². The van der Waals surface area contributed by atoms with Crippen LogP contribution in [0.15, 0.2) is 18.2 Å². The highest BCUT2D eigenvalue weighted by Gasteiger charge is 2.09. The van der Waals surface area contributed by atoms with Crippen LogP contribution in [0, 0.1) is 18.7 Å². The summed E-state index contributed by atoms with van der Waals surface area (Å²) in [6.45, 7) is 7.89. The van der Waals surface area contributed by atoms with Gasteiger partial charge in [0, 0.05) is 6.07 Å². The summed E-state index contributed by atoms with van der Waals surface area (Å²) in [7, 11) is 0. The topological polar surface area (TPSA) is 9.23 Å². The van der Waals surface area contributed by atoms with Crippen molar-refractivity contribution in [2.75, 3.05) is 0 Å². The Morgan fingerprint density at radius 1 is 1.21 bits per heavy atom. The molecule has 1 aromatic rings. The van der Waals surface area contributed by atoms with E-state index in [0.29, 0.717) is 17.2 Å². The van der Waals surface area contributed by atoms with Crippen molar-refractivity contribution in [3.63, 3.8) is 0 Å². The molecule has 0 aromatic heterocycles. The van der Waals surface area contributed by atoms with Gasteiger partial charge in [-0.05, 0) is 31.4 Å². The van der Waals surface area contributed by atoms with Crippen LogP contribution in [0.5, 0.6) is 5.75 Å². The summed E-state index contributed by atoms with van der Waals surface area (Å²) in [6.07, 6.45) is 0.108. The molecule has 0 fully saturated rings. The first-order valence-electron chi connectivity index (χ1n) is 4.93. The van der Waals surface area contributed by atoms with E-state index in [2.05, 4.69) is 13.8 Å². The molecule has 14 heavy (non-hydrogen) atoms. The Labute approximate surface area is 84.9 Å². The normalized spacial score (nSPS) is 13.0. The van der Waals surface area contributed by atoms with E-state index in [0.717, 1.165) is 0 Å². The fourth-order valence-corrected chi connectivity index (χ4v) is 0.998. The highest BCUT2D eigenvalue weighted by molar-refractivity contribution is 5.28. The quantitative estimate of drug-likeness (QED) is 0.718. The van der Waals surface area contributed by atoms with Gasteiger partial charge in [-0.2, -0.15) is 0 Å². The van der Waals surface area contributed by atoms with Gasteiger partial charge in [-0.15, -0.1) is 0 Å². The fraction of sp³-hybridized carbons (Fsp3) is 0.500. The summed E-state index contributed by atoms with van der Waals surface area (Å²) in [5.74, 6) is 0.826. The van der Waals surface area contributed by atoms with Crippen molar-refractivity contribution in [1.82, 2.24) is 0 Å². The molecule has 0 amide bonds. The first kappa shape index (κ1) is 11.0. The van der Waals surface area contributed by atoms with Crippen LogP contribution in [0.25, 0.3) is 0 Å². The number of rotatable bonds is 3. The average molecular weight is 196 g/mol. The molecule has 0 aliphatic heterocycles. The van der Waals surface area contributed by atoms with E-state index in [-0.39, 0.29) is 11.9 Å². The fourth-order valence-electron chi connectivity index (χ4n) is 0.998. The number of aryl methyl sites for hydroxylation is 1. The minimum Gasteiger partial charge on any atom is -0.490 e. The molecule has 78 valence electrons. The number of halogens is 1. The third kappa shape index (κ3) is 2.72. The smallest absolute Gasteiger partial charge is 0.129 e. The molecule has 1 rings (SSSR count). The largest absolute Gasteiger partial charge is 0.490 e. The molecular formula is C12H17FO. The third-order valence-electron chi connectivity index (χ3n) is 2.40. The summed E-state index contributed by atoms with van der Waals surface area (Å²) in [6, 6.07) is 4.98. The highest BCUT2D eigenvalue weighted by atomic mass is 19.1. The van der Waals surface area contributed by atoms with Gasteiger partial charge in [0.15, 0.2) is 0 Å². The van der Waals surface area contributed by atoms with E-state index >= 15 is 0 Å². The van der Waals surface area contributed by atoms with Crippen LogP contribution in [0.2, 0.25) is 0 Å². The van der Waals surface area contributed by atoms with Gasteiger partial charge in [0.1, 0.15) is 11.6 Å². The minimum atomic E-state index is -0.210. The average Bonchev–Trinajstić information content (AvgIpc) is 2.11. The Morgan fingerprint density at radius 3 is 2.36 bits per heavy atom. The summed E-state index contributed by atoms with van der Waals surface area (Å²) in [4.78, 5) is 0. The van der Waals surface area contributed by atoms with Crippen molar-refractivity contribution < 1.29 is 9.13 Å². The van der Waals surface area contributed by atoms with Crippen molar-refractivity contribution >= 4 is 0 Å². The first-order valence-corrected chi connectivity index (χ1v) is 4.93. The van der Waals surface area contributed by atoms with E-state index in [1.165, 1.54) is 6.07 Å². The minimum absolute atomic E-state index is 0.108. The zero-order chi connectivity index (χ0) is 10.7. The van der Waals surface area contributed by atoms with E-state index in [9.17, 15) is 4.39 Å². The molecule has 1 atom stereocenters. The standard InChI is InChI=1S/C12H17FO/c1-8(2)10(4)14-11-6-5-9(3)12(13)7-11/h5-8,10H,1-4H3. The van der Waals surface area contributed by atoms with E-state index < -0.39 is 0 Å². The molecule has 0 bridgehead atoms. The Kier molecular flexibility index (Phi) is 3.50. The Bertz CT molecular complexity index is 307. The summed E-state index contributed by atoms with van der Waals surface area (Å²) < 4.78 is 18.7. The second-order valence-electron chi connectivity index (χ2n) is 3.98. The second-order valence-corrected chi connectivity index (χ2v) is 3.98. The maximum atomic E-state index is 13.2. The molecule has 2 heteroatoms. The number of ether oxygens (including phenoxy) is 1. The zero-order valence-electron chi connectivity index (χ0n) is 9.17. The molecule has 0 heterocycles. The maximum absolute atomic E-state index is 13.2. The molecule has 0 spiro atoms. The molecule has 0 radical (unpaired) electrons. The molecule has 1 unspecified atom stereocenters. The van der Waals surface area contributed by atoms with Gasteiger partial charge in [0.2, 0.25) is 0 Å². The van der Waals surface area contributed by atoms with Gasteiger partial charge in [-0.3, -0.25) is 0 Å². The lowest BCUT2D eigenvalue weighted by Crippen LogP contribution is -2.18. The number of benzene rings is 1. The predicted molar refractivity (Wildman–Crippen MR) is 56.1 cm³/mol. The first-order chi connectivity index (χ1) is 6.50. The van der Waals surface area contributed by atoms with Crippen molar-refractivity contribution in [2.45, 2.75) is 33.8 Å². The molecule has 0 N–H and O–H groups in total. The van der Waals surface area contributed by atoms with Gasteiger partial charge >= 0.3 is 0 Å². The van der Waals surface area contributed by atoms with Gasteiger partial charge in [0.25, 0.3) is 0 Å². The number of hydrogen-bond acceptors (Lipinski definition) is 1. The lowest BCUT2D eigenvalue weighted by atomic mass is 10.1. The van der Waals surface area contributed by atoms with Crippen molar-refractivity contribution in [3.8, 4) is 5.75 Å². The SMILES string of the molecule is Cc1ccc(OC(C)C(C)C)cc1F. The Balaban J connectivity index is 2.73. The van der Waals surface area contributed by atoms with Crippen LogP contribution in [-0.4, -0.2) is 6.10 Å².